The predicted molar refractivity (Wildman–Crippen MR) is 270 cm³/mol. The molecule has 1 atom stereocenters. The number of esters is 3. The van der Waals surface area contributed by atoms with E-state index in [1.807, 2.05) is 0 Å². The fourth-order valence-corrected chi connectivity index (χ4v) is 7.64. The van der Waals surface area contributed by atoms with E-state index < -0.39 is 6.10 Å². The summed E-state index contributed by atoms with van der Waals surface area (Å²) in [5.74, 6) is -0.894. The fourth-order valence-electron chi connectivity index (χ4n) is 7.64. The van der Waals surface area contributed by atoms with Gasteiger partial charge in [-0.05, 0) is 103 Å². The van der Waals surface area contributed by atoms with Gasteiger partial charge in [-0.3, -0.25) is 14.4 Å². The van der Waals surface area contributed by atoms with Crippen molar-refractivity contribution in [1.29, 1.82) is 0 Å². The van der Waals surface area contributed by atoms with Gasteiger partial charge >= 0.3 is 17.9 Å². The van der Waals surface area contributed by atoms with E-state index >= 15 is 0 Å². The number of hydrogen-bond donors (Lipinski definition) is 0. The Morgan fingerprint density at radius 3 is 0.921 bits per heavy atom. The van der Waals surface area contributed by atoms with E-state index in [0.29, 0.717) is 19.3 Å². The second-order valence-corrected chi connectivity index (χ2v) is 18.1. The zero-order valence-corrected chi connectivity index (χ0v) is 41.8. The van der Waals surface area contributed by atoms with Crippen LogP contribution in [-0.2, 0) is 28.6 Å². The Bertz CT molecular complexity index is 1110. The zero-order chi connectivity index (χ0) is 45.8. The van der Waals surface area contributed by atoms with Gasteiger partial charge in [0.25, 0.3) is 0 Å². The standard InChI is InChI=1S/C57H102O6/c1-4-7-10-13-16-19-22-25-26-27-28-29-30-33-35-38-41-44-47-50-56(59)62-53-54(63-57(60)51-48-45-42-39-36-32-24-21-18-15-12-9-6-3)52-61-55(58)49-46-43-40-37-34-31-23-20-17-14-11-8-5-2/h16,19-21,23-26,54H,4-15,17-18,22,27-53H2,1-3H3/b19-16-,23-20-,24-21-,26-25-/t54-/m0/s1. The van der Waals surface area contributed by atoms with Gasteiger partial charge in [0.2, 0.25) is 0 Å². The lowest BCUT2D eigenvalue weighted by molar-refractivity contribution is -0.167. The molecule has 0 heterocycles. The van der Waals surface area contributed by atoms with Crippen LogP contribution in [0.4, 0.5) is 0 Å². The molecule has 366 valence electrons. The summed E-state index contributed by atoms with van der Waals surface area (Å²) in [6.07, 6.45) is 62.3. The Labute approximate surface area is 390 Å². The predicted octanol–water partition coefficient (Wildman–Crippen LogP) is 17.9. The van der Waals surface area contributed by atoms with E-state index in [4.69, 9.17) is 14.2 Å². The van der Waals surface area contributed by atoms with E-state index in [1.54, 1.807) is 0 Å². The van der Waals surface area contributed by atoms with E-state index in [2.05, 4.69) is 69.4 Å². The van der Waals surface area contributed by atoms with Crippen LogP contribution in [0.2, 0.25) is 0 Å². The van der Waals surface area contributed by atoms with Crippen molar-refractivity contribution < 1.29 is 28.6 Å². The number of carbonyl (C=O) groups excluding carboxylic acids is 3. The van der Waals surface area contributed by atoms with Gasteiger partial charge in [-0.25, -0.2) is 0 Å². The summed E-state index contributed by atoms with van der Waals surface area (Å²) < 4.78 is 16.8. The van der Waals surface area contributed by atoms with Gasteiger partial charge in [-0.2, -0.15) is 0 Å². The molecule has 0 fully saturated rings. The van der Waals surface area contributed by atoms with Crippen molar-refractivity contribution in [2.24, 2.45) is 0 Å². The highest BCUT2D eigenvalue weighted by atomic mass is 16.6. The molecular weight excluding hydrogens is 781 g/mol. The molecule has 6 nitrogen and oxygen atoms in total. The first-order valence-electron chi connectivity index (χ1n) is 27.1. The normalized spacial score (nSPS) is 12.4. The van der Waals surface area contributed by atoms with Crippen molar-refractivity contribution in [2.75, 3.05) is 13.2 Å². The van der Waals surface area contributed by atoms with Gasteiger partial charge < -0.3 is 14.2 Å². The topological polar surface area (TPSA) is 78.9 Å². The van der Waals surface area contributed by atoms with Crippen molar-refractivity contribution in [2.45, 2.75) is 284 Å². The molecule has 0 N–H and O–H groups in total. The van der Waals surface area contributed by atoms with Crippen molar-refractivity contribution >= 4 is 17.9 Å². The highest BCUT2D eigenvalue weighted by molar-refractivity contribution is 5.71. The molecule has 63 heavy (non-hydrogen) atoms. The Morgan fingerprint density at radius 1 is 0.317 bits per heavy atom. The molecule has 0 aromatic rings. The minimum Gasteiger partial charge on any atom is -0.462 e. The molecule has 0 aliphatic rings. The smallest absolute Gasteiger partial charge is 0.306 e. The summed E-state index contributed by atoms with van der Waals surface area (Å²) in [7, 11) is 0. The summed E-state index contributed by atoms with van der Waals surface area (Å²) in [6.45, 7) is 6.58. The third-order valence-electron chi connectivity index (χ3n) is 11.8. The van der Waals surface area contributed by atoms with E-state index in [-0.39, 0.29) is 31.1 Å². The molecule has 0 saturated carbocycles. The summed E-state index contributed by atoms with van der Waals surface area (Å²) in [5.41, 5.74) is 0. The summed E-state index contributed by atoms with van der Waals surface area (Å²) in [6, 6.07) is 0. The van der Waals surface area contributed by atoms with Crippen LogP contribution in [0.25, 0.3) is 0 Å². The molecule has 0 radical (unpaired) electrons. The summed E-state index contributed by atoms with van der Waals surface area (Å²) >= 11 is 0. The van der Waals surface area contributed by atoms with Crippen LogP contribution in [0.3, 0.4) is 0 Å². The molecule has 0 rings (SSSR count). The molecule has 0 spiro atoms. The third kappa shape index (κ3) is 50.2. The van der Waals surface area contributed by atoms with Gasteiger partial charge in [0, 0.05) is 19.3 Å². The minimum absolute atomic E-state index is 0.0802. The maximum atomic E-state index is 12.8. The molecule has 0 unspecified atom stereocenters. The van der Waals surface area contributed by atoms with Crippen LogP contribution < -0.4 is 0 Å². The summed E-state index contributed by atoms with van der Waals surface area (Å²) in [5, 5.41) is 0. The highest BCUT2D eigenvalue weighted by Crippen LogP contribution is 2.15. The van der Waals surface area contributed by atoms with Crippen LogP contribution in [0, 0.1) is 0 Å². The van der Waals surface area contributed by atoms with E-state index in [9.17, 15) is 14.4 Å². The van der Waals surface area contributed by atoms with Crippen molar-refractivity contribution in [3.05, 3.63) is 48.6 Å². The molecular formula is C57H102O6. The van der Waals surface area contributed by atoms with E-state index in [1.165, 1.54) is 154 Å². The molecule has 0 aliphatic carbocycles. The zero-order valence-electron chi connectivity index (χ0n) is 41.8. The van der Waals surface area contributed by atoms with Crippen LogP contribution in [0.5, 0.6) is 0 Å². The maximum Gasteiger partial charge on any atom is 0.306 e. The SMILES string of the molecule is CCCCC/C=C\C/C=C\CCCCCCCCCCCC(=O)OC[C@H](COC(=O)CCCCCCC/C=C\CCCCCC)OC(=O)CCCCCCC/C=C\CCCCCC. The Kier molecular flexibility index (Phi) is 49.8. The van der Waals surface area contributed by atoms with Crippen LogP contribution in [0.15, 0.2) is 48.6 Å². The van der Waals surface area contributed by atoms with Gasteiger partial charge in [0.1, 0.15) is 13.2 Å². The first-order valence-corrected chi connectivity index (χ1v) is 27.1. The highest BCUT2D eigenvalue weighted by Gasteiger charge is 2.19. The quantitative estimate of drug-likeness (QED) is 0.0262. The number of allylic oxidation sites excluding steroid dienone is 8. The third-order valence-corrected chi connectivity index (χ3v) is 11.8. The van der Waals surface area contributed by atoms with Gasteiger partial charge in [0.05, 0.1) is 0 Å². The average molecular weight is 883 g/mol. The molecule has 0 aliphatic heterocycles. The fraction of sp³-hybridized carbons (Fsp3) is 0.807. The molecule has 0 aromatic heterocycles. The second kappa shape index (κ2) is 52.0. The minimum atomic E-state index is -0.780. The second-order valence-electron chi connectivity index (χ2n) is 18.1. The number of carbonyl (C=O) groups is 3. The molecule has 6 heteroatoms. The monoisotopic (exact) mass is 883 g/mol. The molecule has 0 bridgehead atoms. The largest absolute Gasteiger partial charge is 0.462 e. The maximum absolute atomic E-state index is 12.8. The molecule has 0 aromatic carbocycles. The van der Waals surface area contributed by atoms with Crippen molar-refractivity contribution in [3.8, 4) is 0 Å². The number of rotatable bonds is 49. The lowest BCUT2D eigenvalue weighted by Gasteiger charge is -2.18. The lowest BCUT2D eigenvalue weighted by atomic mass is 10.1. The van der Waals surface area contributed by atoms with Crippen LogP contribution >= 0.6 is 0 Å². The summed E-state index contributed by atoms with van der Waals surface area (Å²) in [4.78, 5) is 38.0. The van der Waals surface area contributed by atoms with E-state index in [0.717, 1.165) is 83.5 Å². The molecule has 0 saturated heterocycles. The average Bonchev–Trinajstić information content (AvgIpc) is 3.28. The van der Waals surface area contributed by atoms with Gasteiger partial charge in [0.15, 0.2) is 6.10 Å². The first kappa shape index (κ1) is 60.4. The Hall–Kier alpha value is -2.63. The van der Waals surface area contributed by atoms with Gasteiger partial charge in [-0.15, -0.1) is 0 Å². The number of unbranched alkanes of at least 4 members (excludes halogenated alkanes) is 30. The Balaban J connectivity index is 4.35. The van der Waals surface area contributed by atoms with Crippen LogP contribution in [0.1, 0.15) is 278 Å². The van der Waals surface area contributed by atoms with Gasteiger partial charge in [-0.1, -0.05) is 204 Å². The first-order chi connectivity index (χ1) is 31.0. The number of hydrogen-bond acceptors (Lipinski definition) is 6. The van der Waals surface area contributed by atoms with Crippen molar-refractivity contribution in [3.63, 3.8) is 0 Å². The Morgan fingerprint density at radius 2 is 0.571 bits per heavy atom. The van der Waals surface area contributed by atoms with Crippen LogP contribution in [-0.4, -0.2) is 37.2 Å². The molecule has 0 amide bonds. The lowest BCUT2D eigenvalue weighted by Crippen LogP contribution is -2.30. The van der Waals surface area contributed by atoms with Crippen molar-refractivity contribution in [1.82, 2.24) is 0 Å². The number of ether oxygens (including phenoxy) is 3.